The highest BCUT2D eigenvalue weighted by Gasteiger charge is 2.28. The molecule has 1 unspecified atom stereocenters. The molecular formula is C96H108N8O4+4. The predicted octanol–water partition coefficient (Wildman–Crippen LogP) is 22.6. The van der Waals surface area contributed by atoms with E-state index >= 15 is 0 Å². The van der Waals surface area contributed by atoms with E-state index in [0.717, 1.165) is 153 Å². The highest BCUT2D eigenvalue weighted by atomic mass is 16.4. The first-order chi connectivity index (χ1) is 55.9. The Morgan fingerprint density at radius 1 is 0.380 bits per heavy atom. The summed E-state index contributed by atoms with van der Waals surface area (Å²) >= 11 is 0. The molecule has 0 amide bonds. The van der Waals surface area contributed by atoms with Gasteiger partial charge >= 0.3 is 0 Å². The highest BCUT2D eigenvalue weighted by Crippen LogP contribution is 2.42. The molecule has 108 heavy (non-hydrogen) atoms. The van der Waals surface area contributed by atoms with Crippen LogP contribution in [0.25, 0.3) is 133 Å². The van der Waals surface area contributed by atoms with Crippen molar-refractivity contribution in [3.63, 3.8) is 0 Å². The standard InChI is InChI=1S/C25H29N2O.2C24H27N2O.C23H25N2O/c1-7-17-9-13-21(27(6)15-17)22-16(2)8-11-19-20-12-10-18(14-25(3,4)5)26-24(20)28-23(19)22;1-7-16-9-12-19(26(6)14-16)21-15(2)8-10-17-18-11-13-20(24(3,4)5)25-23(18)27-22(17)21;1-6-17-8-12-21(26(5)14-17)22-16(4)7-10-19-20-11-9-18(13-15(2)3)25-24(20)27-23(19)22;1-6-16-8-12-20(25(5)13-16)21-15(4)7-9-17-18-10-11-19(14(2)3)24-23(18)26-22(17)21/h8-13,15H,7,14H2,1-6H3;8-14H,7H2,1-6H3;7-12,14-15H,6,13H2,1-5H3;7-14H,6H2,1-5H3/q4*+1/i3D3,4D3;;2D3,15D;14D. The summed E-state index contributed by atoms with van der Waals surface area (Å²) in [5.41, 5.74) is 24.4. The van der Waals surface area contributed by atoms with Crippen molar-refractivity contribution >= 4 is 88.3 Å². The lowest BCUT2D eigenvalue weighted by Gasteiger charge is -2.16. The van der Waals surface area contributed by atoms with Gasteiger partial charge in [0.15, 0.2) is 47.1 Å². The van der Waals surface area contributed by atoms with E-state index in [9.17, 15) is 0 Å². The second-order valence-electron chi connectivity index (χ2n) is 30.6. The molecule has 16 rings (SSSR count). The summed E-state index contributed by atoms with van der Waals surface area (Å²) in [6, 6.07) is 49.4. The number of fused-ring (bicyclic) bond motifs is 12. The molecule has 0 saturated heterocycles. The Hall–Kier alpha value is -10.7. The normalized spacial score (nSPS) is 14.5. The second-order valence-corrected chi connectivity index (χ2v) is 30.6. The van der Waals surface area contributed by atoms with Crippen molar-refractivity contribution in [3.8, 4) is 45.0 Å². The van der Waals surface area contributed by atoms with Gasteiger partial charge in [0.25, 0.3) is 0 Å². The number of nitrogens with zero attached hydrogens (tertiary/aromatic N) is 8. The minimum Gasteiger partial charge on any atom is -0.437 e. The summed E-state index contributed by atoms with van der Waals surface area (Å²) in [5, 5.41) is 7.82. The van der Waals surface area contributed by atoms with Gasteiger partial charge in [0.2, 0.25) is 45.6 Å². The Kier molecular flexibility index (Phi) is 17.6. The van der Waals surface area contributed by atoms with Crippen LogP contribution in [0.15, 0.2) is 188 Å². The largest absolute Gasteiger partial charge is 0.437 e. The molecule has 0 aliphatic rings. The van der Waals surface area contributed by atoms with Crippen molar-refractivity contribution in [1.29, 1.82) is 0 Å². The summed E-state index contributed by atoms with van der Waals surface area (Å²) < 4.78 is 120. The molecule has 0 aliphatic heterocycles. The number of hydrogen-bond acceptors (Lipinski definition) is 8. The van der Waals surface area contributed by atoms with E-state index in [1.165, 1.54) is 47.2 Å². The number of rotatable bonds is 12. The zero-order valence-corrected chi connectivity index (χ0v) is 66.1. The molecular weight excluding hydrogens is 1330 g/mol. The molecule has 12 aromatic heterocycles. The van der Waals surface area contributed by atoms with Crippen LogP contribution >= 0.6 is 0 Å². The molecule has 12 heteroatoms. The highest BCUT2D eigenvalue weighted by molar-refractivity contribution is 6.12. The molecule has 1 atom stereocenters. The van der Waals surface area contributed by atoms with Crippen LogP contribution in [0.4, 0.5) is 0 Å². The number of furan rings is 4. The third-order valence-corrected chi connectivity index (χ3v) is 20.7. The van der Waals surface area contributed by atoms with E-state index in [1.807, 2.05) is 71.3 Å². The first-order valence-electron chi connectivity index (χ1n) is 43.1. The molecule has 12 nitrogen and oxygen atoms in total. The van der Waals surface area contributed by atoms with Gasteiger partial charge in [0, 0.05) is 133 Å². The van der Waals surface area contributed by atoms with Crippen LogP contribution < -0.4 is 18.3 Å². The average molecular weight is 1450 g/mol. The van der Waals surface area contributed by atoms with E-state index in [4.69, 9.17) is 37.7 Å². The topological polar surface area (TPSA) is 120 Å². The van der Waals surface area contributed by atoms with Crippen LogP contribution in [0, 0.1) is 39.0 Å². The van der Waals surface area contributed by atoms with Crippen molar-refractivity contribution in [2.75, 3.05) is 0 Å². The zero-order chi connectivity index (χ0) is 86.3. The van der Waals surface area contributed by atoms with Gasteiger partial charge in [-0.1, -0.05) is 145 Å². The van der Waals surface area contributed by atoms with Gasteiger partial charge in [0.05, 0.1) is 22.3 Å². The van der Waals surface area contributed by atoms with E-state index in [-0.39, 0.29) is 18.3 Å². The monoisotopic (exact) mass is 1450 g/mol. The van der Waals surface area contributed by atoms with Crippen LogP contribution in [0.2, 0.25) is 0 Å². The molecule has 0 spiro atoms. The molecule has 552 valence electrons. The van der Waals surface area contributed by atoms with Crippen LogP contribution in [0.3, 0.4) is 0 Å². The fourth-order valence-electron chi connectivity index (χ4n) is 14.7. The number of pyridine rings is 8. The maximum Gasteiger partial charge on any atom is 0.227 e. The van der Waals surface area contributed by atoms with Gasteiger partial charge in [-0.3, -0.25) is 0 Å². The molecule has 0 aliphatic carbocycles. The Morgan fingerprint density at radius 2 is 0.694 bits per heavy atom. The first kappa shape index (κ1) is 62.3. The molecule has 0 saturated carbocycles. The maximum atomic E-state index is 8.25. The molecule has 4 aromatic carbocycles. The lowest BCUT2D eigenvalue weighted by Crippen LogP contribution is -2.31. The smallest absolute Gasteiger partial charge is 0.227 e. The van der Waals surface area contributed by atoms with E-state index in [2.05, 4.69) is 238 Å². The van der Waals surface area contributed by atoms with Crippen molar-refractivity contribution < 1.29 is 51.0 Å². The Labute approximate surface area is 652 Å². The summed E-state index contributed by atoms with van der Waals surface area (Å²) in [6.45, 7) is 22.1. The molecule has 0 fully saturated rings. The maximum absolute atomic E-state index is 8.25. The summed E-state index contributed by atoms with van der Waals surface area (Å²) in [7, 11) is 8.23. The van der Waals surface area contributed by atoms with Crippen LogP contribution in [-0.4, -0.2) is 19.9 Å². The molecule has 0 bridgehead atoms. The zero-order valence-electron chi connectivity index (χ0n) is 77.1. The van der Waals surface area contributed by atoms with Crippen molar-refractivity contribution in [2.45, 2.75) is 174 Å². The van der Waals surface area contributed by atoms with Gasteiger partial charge in [-0.25, -0.2) is 38.2 Å². The average Bonchev–Trinajstić information content (AvgIpc) is 1.63. The quantitative estimate of drug-likeness (QED) is 0.111. The van der Waals surface area contributed by atoms with Gasteiger partial charge in [0.1, 0.15) is 28.2 Å². The third kappa shape index (κ3) is 15.2. The molecule has 16 aromatic rings. The van der Waals surface area contributed by atoms with E-state index in [0.29, 0.717) is 39.8 Å². The Morgan fingerprint density at radius 3 is 1.02 bits per heavy atom. The third-order valence-electron chi connectivity index (χ3n) is 20.7. The molecule has 12 heterocycles. The minimum atomic E-state index is -2.67. The number of aryl methyl sites for hydroxylation is 12. The van der Waals surface area contributed by atoms with Gasteiger partial charge in [-0.05, 0) is 178 Å². The SMILES string of the molecule is CCc1ccc(-c2c(C)ccc3c2oc2nc(C(C)(C)C)ccc23)[n+](C)c1.[2H]C(C)(C)c1ccc2c(n1)oc1c(-c3ccc(CC)c[n+]3C)c(C)ccc12.[2H]C([2H])([2H])C(C)(Cc1ccc2c(n1)oc1c(-c3ccc(CC)c[n+]3C)c(C)ccc12)C([2H])([2H])[2H].[2H]C([2H])([2H])C([2H])(C)Cc1ccc2c(n1)oc1c(-c3ccc(CC)c[n+]3C)c(C)ccc12. The predicted molar refractivity (Wildman–Crippen MR) is 443 cm³/mol. The molecule has 0 radical (unpaired) electrons. The van der Waals surface area contributed by atoms with E-state index < -0.39 is 37.8 Å². The van der Waals surface area contributed by atoms with Crippen molar-refractivity contribution in [3.05, 3.63) is 238 Å². The number of aromatic nitrogens is 8. The van der Waals surface area contributed by atoms with Gasteiger partial charge < -0.3 is 17.7 Å². The van der Waals surface area contributed by atoms with Gasteiger partial charge in [-0.2, -0.15) is 0 Å². The van der Waals surface area contributed by atoms with Crippen LogP contribution in [0.1, 0.15) is 185 Å². The Bertz CT molecular complexity index is 6390. The lowest BCUT2D eigenvalue weighted by atomic mass is 9.90. The summed E-state index contributed by atoms with van der Waals surface area (Å²) in [6.07, 6.45) is 12.4. The fourth-order valence-corrected chi connectivity index (χ4v) is 14.7. The molecule has 0 N–H and O–H groups in total. The summed E-state index contributed by atoms with van der Waals surface area (Å²) in [5.74, 6) is -2.37. The van der Waals surface area contributed by atoms with Crippen LogP contribution in [-0.2, 0) is 72.1 Å². The van der Waals surface area contributed by atoms with Crippen molar-refractivity contribution in [1.82, 2.24) is 19.9 Å². The van der Waals surface area contributed by atoms with Crippen molar-refractivity contribution in [2.24, 2.45) is 39.5 Å². The Balaban J connectivity index is 0.000000138. The van der Waals surface area contributed by atoms with Gasteiger partial charge in [-0.15, -0.1) is 0 Å². The number of benzene rings is 4. The fraction of sp³-hybridized carbons (Fsp3) is 0.333. The van der Waals surface area contributed by atoms with E-state index in [1.54, 1.807) is 12.1 Å². The summed E-state index contributed by atoms with van der Waals surface area (Å²) in [4.78, 5) is 18.6. The lowest BCUT2D eigenvalue weighted by molar-refractivity contribution is -0.660. The minimum absolute atomic E-state index is 0.00562. The number of hydrogen-bond donors (Lipinski definition) is 0. The first-order valence-corrected chi connectivity index (χ1v) is 37.6. The van der Waals surface area contributed by atoms with Crippen LogP contribution in [0.5, 0.6) is 0 Å². The second kappa shape index (κ2) is 30.5.